The summed E-state index contributed by atoms with van der Waals surface area (Å²) in [6.07, 6.45) is 1.51. The molecule has 0 unspecified atom stereocenters. The highest BCUT2D eigenvalue weighted by atomic mass is 19.1. The van der Waals surface area contributed by atoms with Crippen molar-refractivity contribution in [3.63, 3.8) is 0 Å². The third-order valence-electron chi connectivity index (χ3n) is 3.37. The Kier molecular flexibility index (Phi) is 4.79. The fourth-order valence-electron chi connectivity index (χ4n) is 2.13. The van der Waals surface area contributed by atoms with Crippen LogP contribution < -0.4 is 10.6 Å². The van der Waals surface area contributed by atoms with Crippen LogP contribution in [0.3, 0.4) is 0 Å². The van der Waals surface area contributed by atoms with Crippen molar-refractivity contribution in [1.82, 2.24) is 9.97 Å². The number of hydrogen-bond donors (Lipinski definition) is 2. The Labute approximate surface area is 134 Å². The van der Waals surface area contributed by atoms with Crippen LogP contribution in [0.5, 0.6) is 0 Å². The van der Waals surface area contributed by atoms with Crippen LogP contribution in [-0.4, -0.2) is 9.97 Å². The number of anilines is 2. The van der Waals surface area contributed by atoms with Crippen molar-refractivity contribution in [3.05, 3.63) is 83.9 Å². The minimum atomic E-state index is -0.233. The molecule has 0 aliphatic carbocycles. The first-order valence-corrected chi connectivity index (χ1v) is 7.38. The van der Waals surface area contributed by atoms with E-state index >= 15 is 0 Å². The first-order chi connectivity index (χ1) is 11.3. The summed E-state index contributed by atoms with van der Waals surface area (Å²) in [4.78, 5) is 8.40. The highest BCUT2D eigenvalue weighted by Crippen LogP contribution is 2.12. The maximum absolute atomic E-state index is 12.9. The molecule has 0 aliphatic heterocycles. The Morgan fingerprint density at radius 3 is 1.91 bits per heavy atom. The van der Waals surface area contributed by atoms with Gasteiger partial charge >= 0.3 is 0 Å². The molecule has 0 spiro atoms. The van der Waals surface area contributed by atoms with Crippen LogP contribution in [0.1, 0.15) is 11.1 Å². The zero-order valence-corrected chi connectivity index (χ0v) is 12.5. The lowest BCUT2D eigenvalue weighted by Gasteiger charge is -2.09. The quantitative estimate of drug-likeness (QED) is 0.726. The molecule has 0 amide bonds. The average molecular weight is 308 g/mol. The van der Waals surface area contributed by atoms with Crippen molar-refractivity contribution in [3.8, 4) is 0 Å². The van der Waals surface area contributed by atoms with E-state index in [0.29, 0.717) is 13.1 Å². The number of halogens is 1. The molecule has 0 saturated heterocycles. The van der Waals surface area contributed by atoms with Gasteiger partial charge in [0.1, 0.15) is 23.8 Å². The smallest absolute Gasteiger partial charge is 0.131 e. The van der Waals surface area contributed by atoms with Crippen LogP contribution >= 0.6 is 0 Å². The van der Waals surface area contributed by atoms with Crippen molar-refractivity contribution in [1.29, 1.82) is 0 Å². The van der Waals surface area contributed by atoms with Gasteiger partial charge in [-0.15, -0.1) is 0 Å². The van der Waals surface area contributed by atoms with Crippen molar-refractivity contribution in [2.75, 3.05) is 10.6 Å². The van der Waals surface area contributed by atoms with Crippen LogP contribution in [0.2, 0.25) is 0 Å². The van der Waals surface area contributed by atoms with Gasteiger partial charge < -0.3 is 10.6 Å². The molecule has 1 heterocycles. The molecular weight excluding hydrogens is 291 g/mol. The summed E-state index contributed by atoms with van der Waals surface area (Å²) in [5, 5.41) is 6.47. The van der Waals surface area contributed by atoms with Gasteiger partial charge in [0.25, 0.3) is 0 Å². The zero-order chi connectivity index (χ0) is 15.9. The minimum absolute atomic E-state index is 0.233. The normalized spacial score (nSPS) is 10.3. The second-order valence-electron chi connectivity index (χ2n) is 5.11. The van der Waals surface area contributed by atoms with E-state index in [0.717, 1.165) is 17.2 Å². The topological polar surface area (TPSA) is 49.8 Å². The molecule has 0 bridgehead atoms. The Balaban J connectivity index is 1.57. The van der Waals surface area contributed by atoms with Gasteiger partial charge in [0.05, 0.1) is 0 Å². The van der Waals surface area contributed by atoms with E-state index in [2.05, 4.69) is 32.7 Å². The van der Waals surface area contributed by atoms with Gasteiger partial charge in [-0.3, -0.25) is 0 Å². The van der Waals surface area contributed by atoms with Crippen LogP contribution in [0, 0.1) is 5.82 Å². The highest BCUT2D eigenvalue weighted by Gasteiger charge is 2.00. The highest BCUT2D eigenvalue weighted by molar-refractivity contribution is 5.47. The lowest BCUT2D eigenvalue weighted by Crippen LogP contribution is -2.05. The second-order valence-corrected chi connectivity index (χ2v) is 5.11. The van der Waals surface area contributed by atoms with E-state index in [1.165, 1.54) is 24.0 Å². The largest absolute Gasteiger partial charge is 0.366 e. The minimum Gasteiger partial charge on any atom is -0.366 e. The van der Waals surface area contributed by atoms with Crippen LogP contribution in [-0.2, 0) is 13.1 Å². The third-order valence-corrected chi connectivity index (χ3v) is 3.37. The lowest BCUT2D eigenvalue weighted by molar-refractivity contribution is 0.627. The van der Waals surface area contributed by atoms with E-state index < -0.39 is 0 Å². The molecule has 23 heavy (non-hydrogen) atoms. The van der Waals surface area contributed by atoms with Gasteiger partial charge in [0.2, 0.25) is 0 Å². The number of benzene rings is 2. The number of rotatable bonds is 6. The standard InChI is InChI=1S/C18H17FN4/c19-16-8-6-15(7-9-16)12-21-18-10-17(22-13-23-18)20-11-14-4-2-1-3-5-14/h1-10,13H,11-12H2,(H2,20,21,22,23). The van der Waals surface area contributed by atoms with Gasteiger partial charge in [-0.1, -0.05) is 42.5 Å². The molecule has 0 fully saturated rings. The number of nitrogens with one attached hydrogen (secondary N) is 2. The molecular formula is C18H17FN4. The van der Waals surface area contributed by atoms with Crippen molar-refractivity contribution >= 4 is 11.6 Å². The number of hydrogen-bond acceptors (Lipinski definition) is 4. The Bertz CT molecular complexity index is 744. The average Bonchev–Trinajstić information content (AvgIpc) is 2.61. The van der Waals surface area contributed by atoms with E-state index in [9.17, 15) is 4.39 Å². The van der Waals surface area contributed by atoms with Crippen molar-refractivity contribution < 1.29 is 4.39 Å². The van der Waals surface area contributed by atoms with Crippen LogP contribution in [0.15, 0.2) is 67.0 Å². The van der Waals surface area contributed by atoms with Crippen LogP contribution in [0.4, 0.5) is 16.0 Å². The molecule has 5 heteroatoms. The van der Waals surface area contributed by atoms with Gasteiger partial charge in [0.15, 0.2) is 0 Å². The van der Waals surface area contributed by atoms with E-state index in [1.807, 2.05) is 24.3 Å². The SMILES string of the molecule is Fc1ccc(CNc2cc(NCc3ccccc3)ncn2)cc1. The van der Waals surface area contributed by atoms with E-state index in [-0.39, 0.29) is 5.82 Å². The van der Waals surface area contributed by atoms with Gasteiger partial charge in [-0.25, -0.2) is 14.4 Å². The molecule has 1 aromatic heterocycles. The second kappa shape index (κ2) is 7.35. The fraction of sp³-hybridized carbons (Fsp3) is 0.111. The predicted octanol–water partition coefficient (Wildman–Crippen LogP) is 3.84. The molecule has 2 aromatic carbocycles. The fourth-order valence-corrected chi connectivity index (χ4v) is 2.13. The predicted molar refractivity (Wildman–Crippen MR) is 89.5 cm³/mol. The maximum Gasteiger partial charge on any atom is 0.131 e. The first-order valence-electron chi connectivity index (χ1n) is 7.38. The molecule has 0 aliphatic rings. The maximum atomic E-state index is 12.9. The lowest BCUT2D eigenvalue weighted by atomic mass is 10.2. The Morgan fingerprint density at radius 1 is 0.739 bits per heavy atom. The van der Waals surface area contributed by atoms with Gasteiger partial charge in [0, 0.05) is 19.2 Å². The number of aromatic nitrogens is 2. The summed E-state index contributed by atoms with van der Waals surface area (Å²) in [5.41, 5.74) is 2.18. The van der Waals surface area contributed by atoms with Crippen LogP contribution in [0.25, 0.3) is 0 Å². The van der Waals surface area contributed by atoms with Crippen molar-refractivity contribution in [2.45, 2.75) is 13.1 Å². The molecule has 0 saturated carbocycles. The Hall–Kier alpha value is -2.95. The molecule has 2 N–H and O–H groups in total. The molecule has 0 radical (unpaired) electrons. The molecule has 4 nitrogen and oxygen atoms in total. The van der Waals surface area contributed by atoms with E-state index in [4.69, 9.17) is 0 Å². The van der Waals surface area contributed by atoms with Crippen molar-refractivity contribution in [2.24, 2.45) is 0 Å². The summed E-state index contributed by atoms with van der Waals surface area (Å²) < 4.78 is 12.9. The van der Waals surface area contributed by atoms with Gasteiger partial charge in [-0.05, 0) is 23.3 Å². The Morgan fingerprint density at radius 2 is 1.30 bits per heavy atom. The molecule has 3 rings (SSSR count). The molecule has 0 atom stereocenters. The summed E-state index contributed by atoms with van der Waals surface area (Å²) in [7, 11) is 0. The number of nitrogens with zero attached hydrogens (tertiary/aromatic N) is 2. The summed E-state index contributed by atoms with van der Waals surface area (Å²) in [6, 6.07) is 18.4. The monoisotopic (exact) mass is 308 g/mol. The molecule has 116 valence electrons. The summed E-state index contributed by atoms with van der Waals surface area (Å²) >= 11 is 0. The van der Waals surface area contributed by atoms with E-state index in [1.54, 1.807) is 12.1 Å². The summed E-state index contributed by atoms with van der Waals surface area (Å²) in [6.45, 7) is 1.28. The van der Waals surface area contributed by atoms with Gasteiger partial charge in [-0.2, -0.15) is 0 Å². The third kappa shape index (κ3) is 4.51. The first kappa shape index (κ1) is 15.0. The summed E-state index contributed by atoms with van der Waals surface area (Å²) in [5.74, 6) is 1.24. The zero-order valence-electron chi connectivity index (χ0n) is 12.5. The molecule has 3 aromatic rings.